The van der Waals surface area contributed by atoms with Crippen LogP contribution in [0.3, 0.4) is 0 Å². The zero-order valence-corrected chi connectivity index (χ0v) is 8.11. The summed E-state index contributed by atoms with van der Waals surface area (Å²) < 4.78 is 0. The fourth-order valence-electron chi connectivity index (χ4n) is 1.60. The topological polar surface area (TPSA) is 12.0 Å². The van der Waals surface area contributed by atoms with Crippen LogP contribution in [0.15, 0.2) is 0 Å². The summed E-state index contributed by atoms with van der Waals surface area (Å²) in [6, 6.07) is 0. The van der Waals surface area contributed by atoms with Gasteiger partial charge in [-0.1, -0.05) is 20.8 Å². The van der Waals surface area contributed by atoms with Gasteiger partial charge < -0.3 is 5.32 Å². The second-order valence-corrected chi connectivity index (χ2v) is 4.44. The maximum absolute atomic E-state index is 3.50. The molecule has 1 aliphatic carbocycles. The van der Waals surface area contributed by atoms with Gasteiger partial charge in [-0.3, -0.25) is 0 Å². The third kappa shape index (κ3) is 2.82. The highest BCUT2D eigenvalue weighted by molar-refractivity contribution is 4.89. The Morgan fingerprint density at radius 3 is 2.45 bits per heavy atom. The van der Waals surface area contributed by atoms with Crippen molar-refractivity contribution in [3.63, 3.8) is 0 Å². The highest BCUT2D eigenvalue weighted by Crippen LogP contribution is 2.44. The standard InChI is InChI=1S/C10H21N/c1-4-7-11-8-10(2,3)9-5-6-9/h9,11H,4-8H2,1-3H3. The molecule has 0 aromatic heterocycles. The molecule has 0 amide bonds. The van der Waals surface area contributed by atoms with Crippen molar-refractivity contribution in [3.05, 3.63) is 0 Å². The van der Waals surface area contributed by atoms with E-state index >= 15 is 0 Å². The molecule has 0 unspecified atom stereocenters. The number of nitrogens with one attached hydrogen (secondary N) is 1. The summed E-state index contributed by atoms with van der Waals surface area (Å²) >= 11 is 0. The summed E-state index contributed by atoms with van der Waals surface area (Å²) in [7, 11) is 0. The second-order valence-electron chi connectivity index (χ2n) is 4.44. The lowest BCUT2D eigenvalue weighted by molar-refractivity contribution is 0.292. The summed E-state index contributed by atoms with van der Waals surface area (Å²) in [6.45, 7) is 9.36. The average Bonchev–Trinajstić information content (AvgIpc) is 2.68. The molecule has 1 saturated carbocycles. The lowest BCUT2D eigenvalue weighted by atomic mass is 9.87. The average molecular weight is 155 g/mol. The molecule has 0 spiro atoms. The van der Waals surface area contributed by atoms with E-state index in [0.717, 1.165) is 5.92 Å². The highest BCUT2D eigenvalue weighted by Gasteiger charge is 2.36. The van der Waals surface area contributed by atoms with Crippen LogP contribution in [0.1, 0.15) is 40.0 Å². The highest BCUT2D eigenvalue weighted by atomic mass is 14.9. The summed E-state index contributed by atoms with van der Waals surface area (Å²) in [5.41, 5.74) is 0.551. The van der Waals surface area contributed by atoms with Crippen molar-refractivity contribution in [2.45, 2.75) is 40.0 Å². The van der Waals surface area contributed by atoms with Crippen molar-refractivity contribution < 1.29 is 0 Å². The minimum Gasteiger partial charge on any atom is -0.316 e. The van der Waals surface area contributed by atoms with E-state index in [2.05, 4.69) is 26.1 Å². The molecule has 0 bridgehead atoms. The molecule has 1 heteroatoms. The maximum atomic E-state index is 3.50. The molecule has 1 N–H and O–H groups in total. The number of hydrogen-bond acceptors (Lipinski definition) is 1. The van der Waals surface area contributed by atoms with Gasteiger partial charge in [-0.05, 0) is 37.1 Å². The second kappa shape index (κ2) is 3.57. The lowest BCUT2D eigenvalue weighted by Crippen LogP contribution is -2.31. The van der Waals surface area contributed by atoms with Gasteiger partial charge >= 0.3 is 0 Å². The minimum atomic E-state index is 0.551. The van der Waals surface area contributed by atoms with E-state index in [1.165, 1.54) is 32.4 Å². The van der Waals surface area contributed by atoms with Crippen LogP contribution < -0.4 is 5.32 Å². The SMILES string of the molecule is CCCNCC(C)(C)C1CC1. The molecular formula is C10H21N. The van der Waals surface area contributed by atoms with Crippen molar-refractivity contribution in [2.75, 3.05) is 13.1 Å². The summed E-state index contributed by atoms with van der Waals surface area (Å²) in [5.74, 6) is 1.01. The zero-order valence-electron chi connectivity index (χ0n) is 8.11. The molecule has 0 heterocycles. The molecule has 1 fully saturated rings. The molecule has 66 valence electrons. The monoisotopic (exact) mass is 155 g/mol. The summed E-state index contributed by atoms with van der Waals surface area (Å²) in [5, 5.41) is 3.50. The Labute approximate surface area is 70.6 Å². The van der Waals surface area contributed by atoms with Crippen LogP contribution in [0.4, 0.5) is 0 Å². The Morgan fingerprint density at radius 1 is 1.36 bits per heavy atom. The smallest absolute Gasteiger partial charge is 0.000517 e. The Balaban J connectivity index is 2.12. The van der Waals surface area contributed by atoms with E-state index in [1.807, 2.05) is 0 Å². The van der Waals surface area contributed by atoms with Gasteiger partial charge in [0, 0.05) is 6.54 Å². The molecule has 11 heavy (non-hydrogen) atoms. The van der Waals surface area contributed by atoms with E-state index in [1.54, 1.807) is 0 Å². The van der Waals surface area contributed by atoms with Gasteiger partial charge in [0.15, 0.2) is 0 Å². The number of hydrogen-bond donors (Lipinski definition) is 1. The van der Waals surface area contributed by atoms with Gasteiger partial charge in [-0.25, -0.2) is 0 Å². The Kier molecular flexibility index (Phi) is 2.94. The van der Waals surface area contributed by atoms with Gasteiger partial charge in [0.05, 0.1) is 0 Å². The molecule has 1 nitrogen and oxygen atoms in total. The first-order valence-corrected chi connectivity index (χ1v) is 4.87. The van der Waals surface area contributed by atoms with Gasteiger partial charge in [0.25, 0.3) is 0 Å². The molecule has 0 aliphatic heterocycles. The van der Waals surface area contributed by atoms with Crippen molar-refractivity contribution in [2.24, 2.45) is 11.3 Å². The maximum Gasteiger partial charge on any atom is 0.000517 e. The predicted molar refractivity (Wildman–Crippen MR) is 49.7 cm³/mol. The molecule has 1 aliphatic rings. The largest absolute Gasteiger partial charge is 0.316 e. The first kappa shape index (κ1) is 9.05. The van der Waals surface area contributed by atoms with E-state index in [9.17, 15) is 0 Å². The molecule has 0 aromatic rings. The van der Waals surface area contributed by atoms with Crippen LogP contribution in [0, 0.1) is 11.3 Å². The van der Waals surface area contributed by atoms with Crippen molar-refractivity contribution in [1.82, 2.24) is 5.32 Å². The van der Waals surface area contributed by atoms with Crippen molar-refractivity contribution in [1.29, 1.82) is 0 Å². The van der Waals surface area contributed by atoms with Gasteiger partial charge in [0.2, 0.25) is 0 Å². The minimum absolute atomic E-state index is 0.551. The van der Waals surface area contributed by atoms with Crippen molar-refractivity contribution >= 4 is 0 Å². The van der Waals surface area contributed by atoms with Crippen LogP contribution in [-0.4, -0.2) is 13.1 Å². The molecule has 0 atom stereocenters. The van der Waals surface area contributed by atoms with Gasteiger partial charge in [-0.2, -0.15) is 0 Å². The normalized spacial score (nSPS) is 18.8. The zero-order chi connectivity index (χ0) is 8.32. The fourth-order valence-corrected chi connectivity index (χ4v) is 1.60. The van der Waals surface area contributed by atoms with Crippen LogP contribution in [0.25, 0.3) is 0 Å². The van der Waals surface area contributed by atoms with E-state index < -0.39 is 0 Å². The van der Waals surface area contributed by atoms with Crippen LogP contribution >= 0.6 is 0 Å². The Hall–Kier alpha value is -0.0400. The van der Waals surface area contributed by atoms with Gasteiger partial charge in [0.1, 0.15) is 0 Å². The van der Waals surface area contributed by atoms with Crippen LogP contribution in [0.2, 0.25) is 0 Å². The van der Waals surface area contributed by atoms with Crippen LogP contribution in [0.5, 0.6) is 0 Å². The van der Waals surface area contributed by atoms with E-state index in [0.29, 0.717) is 5.41 Å². The molecule has 0 aromatic carbocycles. The van der Waals surface area contributed by atoms with Gasteiger partial charge in [-0.15, -0.1) is 0 Å². The molecule has 1 rings (SSSR count). The summed E-state index contributed by atoms with van der Waals surface area (Å²) in [4.78, 5) is 0. The Morgan fingerprint density at radius 2 is 2.00 bits per heavy atom. The third-order valence-corrected chi connectivity index (χ3v) is 2.69. The third-order valence-electron chi connectivity index (χ3n) is 2.69. The first-order chi connectivity index (χ1) is 5.17. The molecule has 0 saturated heterocycles. The van der Waals surface area contributed by atoms with Crippen LogP contribution in [-0.2, 0) is 0 Å². The summed E-state index contributed by atoms with van der Waals surface area (Å²) in [6.07, 6.45) is 4.17. The molecule has 0 radical (unpaired) electrons. The fraction of sp³-hybridized carbons (Fsp3) is 1.00. The Bertz CT molecular complexity index is 114. The van der Waals surface area contributed by atoms with E-state index in [4.69, 9.17) is 0 Å². The first-order valence-electron chi connectivity index (χ1n) is 4.87. The lowest BCUT2D eigenvalue weighted by Gasteiger charge is -2.24. The van der Waals surface area contributed by atoms with E-state index in [-0.39, 0.29) is 0 Å². The van der Waals surface area contributed by atoms with Crippen molar-refractivity contribution in [3.8, 4) is 0 Å². The quantitative estimate of drug-likeness (QED) is 0.601. The number of rotatable bonds is 5. The predicted octanol–water partition coefficient (Wildman–Crippen LogP) is 2.42. The molecular weight excluding hydrogens is 134 g/mol.